The van der Waals surface area contributed by atoms with Crippen LogP contribution in [0.3, 0.4) is 0 Å². The Labute approximate surface area is 157 Å². The predicted molar refractivity (Wildman–Crippen MR) is 107 cm³/mol. The molecule has 0 bridgehead atoms. The van der Waals surface area contributed by atoms with E-state index in [9.17, 15) is 9.90 Å². The standard InChI is InChI=1S/C21H20N2O2S/c1-14-11-18(22)20(26-17-9-7-16(24)8-10-17)13-19(14)23-21(25)12-15-5-3-2-4-6-15/h2-11,13,24H,12,22H2,1H3,(H,23,25). The number of carbonyl (C=O) groups excluding carboxylic acids is 1. The van der Waals surface area contributed by atoms with Gasteiger partial charge in [0, 0.05) is 21.2 Å². The third kappa shape index (κ3) is 4.58. The molecule has 0 saturated carbocycles. The Balaban J connectivity index is 1.76. The Bertz CT molecular complexity index is 909. The van der Waals surface area contributed by atoms with Crippen molar-refractivity contribution in [2.75, 3.05) is 11.1 Å². The number of hydrogen-bond acceptors (Lipinski definition) is 4. The second-order valence-corrected chi connectivity index (χ2v) is 7.13. The first-order valence-corrected chi connectivity index (χ1v) is 9.04. The highest BCUT2D eigenvalue weighted by Crippen LogP contribution is 2.36. The van der Waals surface area contributed by atoms with Gasteiger partial charge in [-0.05, 0) is 54.4 Å². The molecular weight excluding hydrogens is 344 g/mol. The molecule has 0 aliphatic rings. The van der Waals surface area contributed by atoms with Crippen LogP contribution in [-0.2, 0) is 11.2 Å². The van der Waals surface area contributed by atoms with Crippen molar-refractivity contribution in [2.24, 2.45) is 0 Å². The van der Waals surface area contributed by atoms with Crippen molar-refractivity contribution < 1.29 is 9.90 Å². The molecule has 0 saturated heterocycles. The summed E-state index contributed by atoms with van der Waals surface area (Å²) in [5, 5.41) is 12.4. The van der Waals surface area contributed by atoms with E-state index in [1.807, 2.05) is 61.5 Å². The number of amides is 1. The summed E-state index contributed by atoms with van der Waals surface area (Å²) in [6.45, 7) is 1.92. The van der Waals surface area contributed by atoms with E-state index < -0.39 is 0 Å². The zero-order valence-electron chi connectivity index (χ0n) is 14.4. The molecule has 0 atom stereocenters. The summed E-state index contributed by atoms with van der Waals surface area (Å²) < 4.78 is 0. The Morgan fingerprint density at radius 3 is 2.46 bits per heavy atom. The molecule has 4 nitrogen and oxygen atoms in total. The molecule has 0 spiro atoms. The van der Waals surface area contributed by atoms with Gasteiger partial charge in [0.2, 0.25) is 5.91 Å². The van der Waals surface area contributed by atoms with Gasteiger partial charge in [0.1, 0.15) is 5.75 Å². The molecule has 0 aliphatic carbocycles. The lowest BCUT2D eigenvalue weighted by Crippen LogP contribution is -2.15. The van der Waals surface area contributed by atoms with Crippen LogP contribution < -0.4 is 11.1 Å². The number of aryl methyl sites for hydroxylation is 1. The first kappa shape index (κ1) is 17.9. The van der Waals surface area contributed by atoms with Gasteiger partial charge in [0.25, 0.3) is 0 Å². The van der Waals surface area contributed by atoms with Crippen LogP contribution in [0, 0.1) is 6.92 Å². The average molecular weight is 364 g/mol. The van der Waals surface area contributed by atoms with Crippen LogP contribution >= 0.6 is 11.8 Å². The van der Waals surface area contributed by atoms with Crippen molar-refractivity contribution >= 4 is 29.0 Å². The van der Waals surface area contributed by atoms with Crippen molar-refractivity contribution in [3.63, 3.8) is 0 Å². The van der Waals surface area contributed by atoms with Crippen molar-refractivity contribution in [1.82, 2.24) is 0 Å². The van der Waals surface area contributed by atoms with E-state index in [0.717, 1.165) is 26.6 Å². The minimum atomic E-state index is -0.0651. The van der Waals surface area contributed by atoms with Crippen molar-refractivity contribution in [3.05, 3.63) is 77.9 Å². The van der Waals surface area contributed by atoms with Gasteiger partial charge in [-0.15, -0.1) is 0 Å². The smallest absolute Gasteiger partial charge is 0.228 e. The molecule has 3 aromatic carbocycles. The third-order valence-electron chi connectivity index (χ3n) is 3.90. The van der Waals surface area contributed by atoms with E-state index in [4.69, 9.17) is 5.73 Å². The number of phenolic OH excluding ortho intramolecular Hbond substituents is 1. The number of nitrogens with two attached hydrogens (primary N) is 1. The molecule has 4 N–H and O–H groups in total. The SMILES string of the molecule is Cc1cc(N)c(Sc2ccc(O)cc2)cc1NC(=O)Cc1ccccc1. The minimum absolute atomic E-state index is 0.0651. The Morgan fingerprint density at radius 1 is 1.08 bits per heavy atom. The summed E-state index contributed by atoms with van der Waals surface area (Å²) in [5.74, 6) is 0.157. The van der Waals surface area contributed by atoms with Crippen molar-refractivity contribution in [3.8, 4) is 5.75 Å². The van der Waals surface area contributed by atoms with Gasteiger partial charge in [-0.2, -0.15) is 0 Å². The van der Waals surface area contributed by atoms with E-state index in [1.54, 1.807) is 12.1 Å². The number of anilines is 2. The third-order valence-corrected chi connectivity index (χ3v) is 4.98. The van der Waals surface area contributed by atoms with Gasteiger partial charge in [-0.1, -0.05) is 42.1 Å². The predicted octanol–water partition coefficient (Wildman–Crippen LogP) is 4.62. The normalized spacial score (nSPS) is 10.5. The fourth-order valence-electron chi connectivity index (χ4n) is 2.55. The van der Waals surface area contributed by atoms with Crippen LogP contribution in [0.1, 0.15) is 11.1 Å². The molecule has 26 heavy (non-hydrogen) atoms. The molecule has 0 heterocycles. The number of phenols is 1. The molecule has 1 amide bonds. The van der Waals surface area contributed by atoms with E-state index in [1.165, 1.54) is 11.8 Å². The number of nitrogens with one attached hydrogen (secondary N) is 1. The lowest BCUT2D eigenvalue weighted by Gasteiger charge is -2.13. The van der Waals surface area contributed by atoms with Crippen LogP contribution in [0.25, 0.3) is 0 Å². The van der Waals surface area contributed by atoms with Crippen LogP contribution in [0.4, 0.5) is 11.4 Å². The zero-order chi connectivity index (χ0) is 18.5. The van der Waals surface area contributed by atoms with E-state index in [2.05, 4.69) is 5.32 Å². The fourth-order valence-corrected chi connectivity index (χ4v) is 3.43. The second-order valence-electron chi connectivity index (χ2n) is 6.01. The topological polar surface area (TPSA) is 75.3 Å². The summed E-state index contributed by atoms with van der Waals surface area (Å²) >= 11 is 1.49. The quantitative estimate of drug-likeness (QED) is 0.578. The van der Waals surface area contributed by atoms with Crippen molar-refractivity contribution in [2.45, 2.75) is 23.1 Å². The molecule has 0 aliphatic heterocycles. The van der Waals surface area contributed by atoms with Crippen LogP contribution in [0.5, 0.6) is 5.75 Å². The molecule has 132 valence electrons. The largest absolute Gasteiger partial charge is 0.508 e. The second kappa shape index (κ2) is 7.97. The van der Waals surface area contributed by atoms with Gasteiger partial charge < -0.3 is 16.2 Å². The Hall–Kier alpha value is -2.92. The number of hydrogen-bond donors (Lipinski definition) is 3. The average Bonchev–Trinajstić information content (AvgIpc) is 2.62. The fraction of sp³-hybridized carbons (Fsp3) is 0.0952. The van der Waals surface area contributed by atoms with E-state index in [0.29, 0.717) is 12.1 Å². The summed E-state index contributed by atoms with van der Waals surface area (Å²) in [6.07, 6.45) is 0.324. The summed E-state index contributed by atoms with van der Waals surface area (Å²) in [4.78, 5) is 14.2. The highest BCUT2D eigenvalue weighted by molar-refractivity contribution is 7.99. The molecule has 0 unspecified atom stereocenters. The number of benzene rings is 3. The summed E-state index contributed by atoms with van der Waals surface area (Å²) in [7, 11) is 0. The van der Waals surface area contributed by atoms with Crippen molar-refractivity contribution in [1.29, 1.82) is 0 Å². The van der Waals surface area contributed by atoms with Gasteiger partial charge in [-0.25, -0.2) is 0 Å². The highest BCUT2D eigenvalue weighted by atomic mass is 32.2. The molecule has 3 rings (SSSR count). The first-order valence-electron chi connectivity index (χ1n) is 8.22. The summed E-state index contributed by atoms with van der Waals surface area (Å²) in [5.41, 5.74) is 9.43. The lowest BCUT2D eigenvalue weighted by molar-refractivity contribution is -0.115. The molecule has 0 fully saturated rings. The van der Waals surface area contributed by atoms with Gasteiger partial charge >= 0.3 is 0 Å². The maximum absolute atomic E-state index is 12.3. The van der Waals surface area contributed by atoms with E-state index in [-0.39, 0.29) is 11.7 Å². The Morgan fingerprint density at radius 2 is 1.77 bits per heavy atom. The van der Waals surface area contributed by atoms with Gasteiger partial charge in [0.15, 0.2) is 0 Å². The maximum Gasteiger partial charge on any atom is 0.228 e. The number of carbonyl (C=O) groups is 1. The molecule has 0 aromatic heterocycles. The first-order chi connectivity index (χ1) is 12.5. The maximum atomic E-state index is 12.3. The van der Waals surface area contributed by atoms with Crippen LogP contribution in [0.15, 0.2) is 76.5 Å². The summed E-state index contributed by atoms with van der Waals surface area (Å²) in [6, 6.07) is 20.3. The molecular formula is C21H20N2O2S. The Kier molecular flexibility index (Phi) is 5.49. The minimum Gasteiger partial charge on any atom is -0.508 e. The van der Waals surface area contributed by atoms with Crippen LogP contribution in [0.2, 0.25) is 0 Å². The zero-order valence-corrected chi connectivity index (χ0v) is 15.2. The number of aromatic hydroxyl groups is 1. The van der Waals surface area contributed by atoms with Crippen LogP contribution in [-0.4, -0.2) is 11.0 Å². The number of nitrogen functional groups attached to an aromatic ring is 1. The lowest BCUT2D eigenvalue weighted by atomic mass is 10.1. The molecule has 5 heteroatoms. The molecule has 0 radical (unpaired) electrons. The van der Waals surface area contributed by atoms with Gasteiger partial charge in [0.05, 0.1) is 6.42 Å². The highest BCUT2D eigenvalue weighted by Gasteiger charge is 2.10. The van der Waals surface area contributed by atoms with Gasteiger partial charge in [-0.3, -0.25) is 4.79 Å². The monoisotopic (exact) mass is 364 g/mol. The molecule has 3 aromatic rings. The number of rotatable bonds is 5. The van der Waals surface area contributed by atoms with E-state index >= 15 is 0 Å².